The van der Waals surface area contributed by atoms with Crippen LogP contribution in [0.5, 0.6) is 5.88 Å². The number of nitrogens with zero attached hydrogens (tertiary/aromatic N) is 1. The molecular formula is C17H30N2O. The number of ether oxygens (including phenoxy) is 1. The van der Waals surface area contributed by atoms with Gasteiger partial charge in [-0.05, 0) is 25.5 Å². The summed E-state index contributed by atoms with van der Waals surface area (Å²) in [5, 5.41) is 3.63. The van der Waals surface area contributed by atoms with Crippen LogP contribution < -0.4 is 10.1 Å². The molecule has 0 aromatic carbocycles. The summed E-state index contributed by atoms with van der Waals surface area (Å²) in [6.07, 6.45) is 10.7. The molecule has 0 aliphatic rings. The third-order valence-electron chi connectivity index (χ3n) is 3.61. The number of rotatable bonds is 11. The number of hydrogen-bond donors (Lipinski definition) is 1. The van der Waals surface area contributed by atoms with Crippen LogP contribution in [0.15, 0.2) is 18.3 Å². The lowest BCUT2D eigenvalue weighted by molar-refractivity contribution is 0.376. The molecule has 0 amide bonds. The van der Waals surface area contributed by atoms with E-state index in [1.165, 1.54) is 37.7 Å². The summed E-state index contributed by atoms with van der Waals surface area (Å²) in [4.78, 5) is 4.32. The number of unbranched alkanes of at least 4 members (excludes halogenated alkanes) is 4. The lowest BCUT2D eigenvalue weighted by Gasteiger charge is -2.20. The zero-order chi connectivity index (χ0) is 14.6. The molecule has 3 nitrogen and oxygen atoms in total. The fourth-order valence-corrected chi connectivity index (χ4v) is 2.48. The van der Waals surface area contributed by atoms with Gasteiger partial charge in [0, 0.05) is 17.8 Å². The van der Waals surface area contributed by atoms with Crippen molar-refractivity contribution >= 4 is 0 Å². The Morgan fingerprint density at radius 1 is 1.15 bits per heavy atom. The number of methoxy groups -OCH3 is 1. The van der Waals surface area contributed by atoms with Crippen molar-refractivity contribution in [1.29, 1.82) is 0 Å². The molecule has 0 radical (unpaired) electrons. The second kappa shape index (κ2) is 10.7. The highest BCUT2D eigenvalue weighted by molar-refractivity contribution is 5.28. The molecule has 1 heterocycles. The van der Waals surface area contributed by atoms with Crippen LogP contribution in [-0.2, 0) is 0 Å². The molecular weight excluding hydrogens is 248 g/mol. The largest absolute Gasteiger partial charge is 0.481 e. The smallest absolute Gasteiger partial charge is 0.217 e. The fourth-order valence-electron chi connectivity index (χ4n) is 2.48. The van der Waals surface area contributed by atoms with Gasteiger partial charge in [0.05, 0.1) is 7.11 Å². The lowest BCUT2D eigenvalue weighted by atomic mass is 10.0. The molecule has 1 atom stereocenters. The Balaban J connectivity index is 2.58. The predicted molar refractivity (Wildman–Crippen MR) is 85.2 cm³/mol. The van der Waals surface area contributed by atoms with Crippen molar-refractivity contribution in [2.45, 2.75) is 64.8 Å². The maximum atomic E-state index is 5.40. The van der Waals surface area contributed by atoms with Crippen molar-refractivity contribution in [3.05, 3.63) is 23.9 Å². The first-order chi connectivity index (χ1) is 9.83. The number of pyridine rings is 1. The SMILES string of the molecule is CCCCCCCC(NCCC)c1cccnc1OC. The van der Waals surface area contributed by atoms with Crippen molar-refractivity contribution in [1.82, 2.24) is 10.3 Å². The molecule has 0 fully saturated rings. The standard InChI is InChI=1S/C17H30N2O/c1-4-6-7-8-9-12-16(18-13-5-2)15-11-10-14-19-17(15)20-3/h10-11,14,16,18H,4-9,12-13H2,1-3H3. The van der Waals surface area contributed by atoms with Gasteiger partial charge in [-0.15, -0.1) is 0 Å². The number of aromatic nitrogens is 1. The molecule has 0 aliphatic carbocycles. The van der Waals surface area contributed by atoms with E-state index in [1.807, 2.05) is 6.07 Å². The molecule has 1 unspecified atom stereocenters. The Labute approximate surface area is 124 Å². The summed E-state index contributed by atoms with van der Waals surface area (Å²) in [7, 11) is 1.70. The van der Waals surface area contributed by atoms with E-state index in [-0.39, 0.29) is 0 Å². The quantitative estimate of drug-likeness (QED) is 0.605. The molecule has 114 valence electrons. The Kier molecular flexibility index (Phi) is 9.05. The molecule has 1 aromatic rings. The maximum absolute atomic E-state index is 5.40. The van der Waals surface area contributed by atoms with E-state index in [1.54, 1.807) is 13.3 Å². The monoisotopic (exact) mass is 278 g/mol. The molecule has 0 spiro atoms. The van der Waals surface area contributed by atoms with Gasteiger partial charge in [0.1, 0.15) is 0 Å². The minimum absolute atomic E-state index is 0.361. The van der Waals surface area contributed by atoms with E-state index in [9.17, 15) is 0 Å². The summed E-state index contributed by atoms with van der Waals surface area (Å²) < 4.78 is 5.40. The summed E-state index contributed by atoms with van der Waals surface area (Å²) in [5.41, 5.74) is 1.19. The molecule has 0 bridgehead atoms. The van der Waals surface area contributed by atoms with Crippen LogP contribution >= 0.6 is 0 Å². The average molecular weight is 278 g/mol. The van der Waals surface area contributed by atoms with Gasteiger partial charge in [0.15, 0.2) is 0 Å². The summed E-state index contributed by atoms with van der Waals surface area (Å²) in [5.74, 6) is 0.759. The van der Waals surface area contributed by atoms with Gasteiger partial charge in [-0.2, -0.15) is 0 Å². The van der Waals surface area contributed by atoms with Crippen LogP contribution in [0.25, 0.3) is 0 Å². The van der Waals surface area contributed by atoms with Crippen LogP contribution in [0.3, 0.4) is 0 Å². The highest BCUT2D eigenvalue weighted by Crippen LogP contribution is 2.26. The molecule has 0 aliphatic heterocycles. The van der Waals surface area contributed by atoms with Crippen LogP contribution in [-0.4, -0.2) is 18.6 Å². The van der Waals surface area contributed by atoms with E-state index < -0.39 is 0 Å². The highest BCUT2D eigenvalue weighted by atomic mass is 16.5. The van der Waals surface area contributed by atoms with Crippen molar-refractivity contribution in [3.8, 4) is 5.88 Å². The topological polar surface area (TPSA) is 34.2 Å². The normalized spacial score (nSPS) is 12.3. The Morgan fingerprint density at radius 2 is 1.95 bits per heavy atom. The minimum Gasteiger partial charge on any atom is -0.481 e. The van der Waals surface area contributed by atoms with Gasteiger partial charge in [-0.1, -0.05) is 52.0 Å². The van der Waals surface area contributed by atoms with E-state index in [4.69, 9.17) is 4.74 Å². The number of nitrogens with one attached hydrogen (secondary N) is 1. The van der Waals surface area contributed by atoms with Gasteiger partial charge < -0.3 is 10.1 Å². The summed E-state index contributed by atoms with van der Waals surface area (Å²) in [6, 6.07) is 4.49. The van der Waals surface area contributed by atoms with Crippen LogP contribution in [0, 0.1) is 0 Å². The van der Waals surface area contributed by atoms with E-state index in [0.29, 0.717) is 6.04 Å². The van der Waals surface area contributed by atoms with Gasteiger partial charge in [-0.3, -0.25) is 0 Å². The summed E-state index contributed by atoms with van der Waals surface area (Å²) in [6.45, 7) is 5.50. The first-order valence-corrected chi connectivity index (χ1v) is 8.05. The molecule has 0 saturated heterocycles. The first-order valence-electron chi connectivity index (χ1n) is 8.05. The van der Waals surface area contributed by atoms with E-state index in [0.717, 1.165) is 25.3 Å². The van der Waals surface area contributed by atoms with E-state index >= 15 is 0 Å². The Bertz CT molecular complexity index is 355. The Morgan fingerprint density at radius 3 is 2.65 bits per heavy atom. The molecule has 3 heteroatoms. The zero-order valence-corrected chi connectivity index (χ0v) is 13.3. The molecule has 20 heavy (non-hydrogen) atoms. The second-order valence-corrected chi connectivity index (χ2v) is 5.31. The molecule has 1 rings (SSSR count). The average Bonchev–Trinajstić information content (AvgIpc) is 2.50. The van der Waals surface area contributed by atoms with Gasteiger partial charge in [-0.25, -0.2) is 4.98 Å². The van der Waals surface area contributed by atoms with Gasteiger partial charge in [0.2, 0.25) is 5.88 Å². The molecule has 1 aromatic heterocycles. The minimum atomic E-state index is 0.361. The van der Waals surface area contributed by atoms with Crippen LogP contribution in [0.1, 0.15) is 70.4 Å². The Hall–Kier alpha value is -1.09. The maximum Gasteiger partial charge on any atom is 0.217 e. The van der Waals surface area contributed by atoms with Crippen molar-refractivity contribution in [2.24, 2.45) is 0 Å². The van der Waals surface area contributed by atoms with Gasteiger partial charge >= 0.3 is 0 Å². The predicted octanol–water partition coefficient (Wildman–Crippen LogP) is 4.49. The fraction of sp³-hybridized carbons (Fsp3) is 0.706. The lowest BCUT2D eigenvalue weighted by Crippen LogP contribution is -2.23. The van der Waals surface area contributed by atoms with E-state index in [2.05, 4.69) is 30.2 Å². The van der Waals surface area contributed by atoms with Crippen molar-refractivity contribution in [3.63, 3.8) is 0 Å². The number of hydrogen-bond acceptors (Lipinski definition) is 3. The molecule has 1 N–H and O–H groups in total. The third kappa shape index (κ3) is 5.91. The second-order valence-electron chi connectivity index (χ2n) is 5.31. The van der Waals surface area contributed by atoms with Crippen molar-refractivity contribution in [2.75, 3.05) is 13.7 Å². The first kappa shape index (κ1) is 17.0. The third-order valence-corrected chi connectivity index (χ3v) is 3.61. The highest BCUT2D eigenvalue weighted by Gasteiger charge is 2.15. The van der Waals surface area contributed by atoms with Crippen molar-refractivity contribution < 1.29 is 4.74 Å². The zero-order valence-electron chi connectivity index (χ0n) is 13.3. The van der Waals surface area contributed by atoms with Gasteiger partial charge in [0.25, 0.3) is 0 Å². The summed E-state index contributed by atoms with van der Waals surface area (Å²) >= 11 is 0. The molecule has 0 saturated carbocycles. The van der Waals surface area contributed by atoms with Crippen LogP contribution in [0.4, 0.5) is 0 Å². The van der Waals surface area contributed by atoms with Crippen LogP contribution in [0.2, 0.25) is 0 Å².